The SMILES string of the molecule is COc1cc2[nH]nc(-c3ccc(C4CC(N(C)C(=O)CO)C4)nc3)c2nc1-c1cccc2c1CCC2. The number of methoxy groups -OCH3 is 1. The maximum Gasteiger partial charge on any atom is 0.248 e. The van der Waals surface area contributed by atoms with Crippen LogP contribution in [0.4, 0.5) is 0 Å². The summed E-state index contributed by atoms with van der Waals surface area (Å²) in [5, 5.41) is 16.8. The first-order chi connectivity index (χ1) is 17.6. The number of amides is 1. The monoisotopic (exact) mass is 483 g/mol. The van der Waals surface area contributed by atoms with Crippen LogP contribution in [0.3, 0.4) is 0 Å². The van der Waals surface area contributed by atoms with Crippen molar-refractivity contribution in [2.45, 2.75) is 44.1 Å². The Morgan fingerprint density at radius 3 is 2.81 bits per heavy atom. The molecule has 184 valence electrons. The number of fused-ring (bicyclic) bond motifs is 2. The van der Waals surface area contributed by atoms with Crippen molar-refractivity contribution < 1.29 is 14.6 Å². The van der Waals surface area contributed by atoms with Crippen LogP contribution >= 0.6 is 0 Å². The fourth-order valence-corrected chi connectivity index (χ4v) is 5.57. The molecule has 1 amide bonds. The van der Waals surface area contributed by atoms with Crippen LogP contribution in [0, 0.1) is 0 Å². The van der Waals surface area contributed by atoms with E-state index in [1.165, 1.54) is 17.5 Å². The van der Waals surface area contributed by atoms with Crippen molar-refractivity contribution in [3.05, 3.63) is 59.4 Å². The molecule has 3 aromatic heterocycles. The number of nitrogens with one attached hydrogen (secondary N) is 1. The fourth-order valence-electron chi connectivity index (χ4n) is 5.57. The Kier molecular flexibility index (Phi) is 5.68. The van der Waals surface area contributed by atoms with Crippen LogP contribution in [0.1, 0.15) is 42.0 Å². The molecule has 0 spiro atoms. The molecular weight excluding hydrogens is 454 g/mol. The normalized spacial score (nSPS) is 18.6. The number of carbonyl (C=O) groups is 1. The summed E-state index contributed by atoms with van der Waals surface area (Å²) in [6, 6.07) is 12.7. The first-order valence-electron chi connectivity index (χ1n) is 12.4. The van der Waals surface area contributed by atoms with Crippen LogP contribution in [-0.4, -0.2) is 62.9 Å². The smallest absolute Gasteiger partial charge is 0.248 e. The first kappa shape index (κ1) is 22.7. The van der Waals surface area contributed by atoms with E-state index in [1.807, 2.05) is 24.4 Å². The van der Waals surface area contributed by atoms with Crippen molar-refractivity contribution >= 4 is 16.9 Å². The predicted molar refractivity (Wildman–Crippen MR) is 137 cm³/mol. The number of aromatic amines is 1. The molecule has 0 aliphatic heterocycles. The van der Waals surface area contributed by atoms with Crippen molar-refractivity contribution in [2.75, 3.05) is 20.8 Å². The van der Waals surface area contributed by atoms with Crippen LogP contribution in [0.25, 0.3) is 33.5 Å². The highest BCUT2D eigenvalue weighted by Gasteiger charge is 2.35. The third kappa shape index (κ3) is 3.73. The van der Waals surface area contributed by atoms with Gasteiger partial charge in [0.1, 0.15) is 29.3 Å². The van der Waals surface area contributed by atoms with Gasteiger partial charge in [-0.1, -0.05) is 18.2 Å². The van der Waals surface area contributed by atoms with Gasteiger partial charge in [0.15, 0.2) is 0 Å². The number of ether oxygens (including phenoxy) is 1. The third-order valence-corrected chi connectivity index (χ3v) is 7.79. The Morgan fingerprint density at radius 2 is 2.06 bits per heavy atom. The summed E-state index contributed by atoms with van der Waals surface area (Å²) >= 11 is 0. The topological polar surface area (TPSA) is 104 Å². The van der Waals surface area contributed by atoms with E-state index in [0.29, 0.717) is 5.92 Å². The standard InChI is InChI=1S/C28H29N5O3/c1-33(25(35)15-34)19-11-18(12-19)22-10-9-17(14-29-22)26-28-23(31-32-26)13-24(36-2)27(30-28)21-8-4-6-16-5-3-7-20(16)21/h4,6,8-10,13-14,18-19,34H,3,5,7,11-12,15H2,1-2H3,(H,31,32). The summed E-state index contributed by atoms with van der Waals surface area (Å²) in [5.41, 5.74) is 9.03. The fraction of sp³-hybridized carbons (Fsp3) is 0.357. The highest BCUT2D eigenvalue weighted by atomic mass is 16.5. The molecule has 4 aromatic rings. The molecule has 1 aromatic carbocycles. The van der Waals surface area contributed by atoms with Crippen molar-refractivity contribution in [1.29, 1.82) is 0 Å². The number of aromatic nitrogens is 4. The van der Waals surface area contributed by atoms with E-state index in [0.717, 1.165) is 70.7 Å². The Labute approximate surface area is 209 Å². The van der Waals surface area contributed by atoms with Crippen molar-refractivity contribution in [3.8, 4) is 28.3 Å². The third-order valence-electron chi connectivity index (χ3n) is 7.79. The average Bonchev–Trinajstić information content (AvgIpc) is 3.53. The van der Waals surface area contributed by atoms with Crippen LogP contribution < -0.4 is 4.74 Å². The van der Waals surface area contributed by atoms with Crippen molar-refractivity contribution in [1.82, 2.24) is 25.1 Å². The maximum absolute atomic E-state index is 11.7. The second-order valence-electron chi connectivity index (χ2n) is 9.76. The van der Waals surface area contributed by atoms with Crippen LogP contribution in [0.15, 0.2) is 42.6 Å². The summed E-state index contributed by atoms with van der Waals surface area (Å²) in [6.07, 6.45) is 6.90. The molecule has 2 aliphatic carbocycles. The lowest BCUT2D eigenvalue weighted by atomic mass is 9.77. The first-order valence-corrected chi connectivity index (χ1v) is 12.4. The van der Waals surface area contributed by atoms with E-state index in [9.17, 15) is 4.79 Å². The second kappa shape index (κ2) is 9.02. The van der Waals surface area contributed by atoms with Gasteiger partial charge in [-0.15, -0.1) is 0 Å². The largest absolute Gasteiger partial charge is 0.494 e. The molecule has 1 fully saturated rings. The zero-order chi connectivity index (χ0) is 24.8. The van der Waals surface area contributed by atoms with E-state index in [2.05, 4.69) is 28.4 Å². The number of nitrogens with zero attached hydrogens (tertiary/aromatic N) is 4. The summed E-state index contributed by atoms with van der Waals surface area (Å²) in [7, 11) is 3.43. The second-order valence-corrected chi connectivity index (χ2v) is 9.76. The Bertz CT molecular complexity index is 1440. The number of aryl methyl sites for hydroxylation is 1. The number of benzene rings is 1. The Morgan fingerprint density at radius 1 is 1.19 bits per heavy atom. The quantitative estimate of drug-likeness (QED) is 0.431. The Hall–Kier alpha value is -3.78. The molecule has 2 N–H and O–H groups in total. The molecule has 6 rings (SSSR count). The lowest BCUT2D eigenvalue weighted by Gasteiger charge is -2.40. The van der Waals surface area contributed by atoms with Gasteiger partial charge >= 0.3 is 0 Å². The molecule has 8 nitrogen and oxygen atoms in total. The van der Waals surface area contributed by atoms with Crippen LogP contribution in [-0.2, 0) is 17.6 Å². The van der Waals surface area contributed by atoms with Gasteiger partial charge in [0.05, 0.1) is 12.6 Å². The van der Waals surface area contributed by atoms with Gasteiger partial charge < -0.3 is 14.7 Å². The minimum atomic E-state index is -0.448. The van der Waals surface area contributed by atoms with E-state index >= 15 is 0 Å². The van der Waals surface area contributed by atoms with E-state index < -0.39 is 6.61 Å². The average molecular weight is 484 g/mol. The highest BCUT2D eigenvalue weighted by Crippen LogP contribution is 2.40. The number of rotatable bonds is 6. The summed E-state index contributed by atoms with van der Waals surface area (Å²) in [6.45, 7) is -0.448. The summed E-state index contributed by atoms with van der Waals surface area (Å²) in [4.78, 5) is 23.1. The minimum Gasteiger partial charge on any atom is -0.494 e. The van der Waals surface area contributed by atoms with E-state index in [1.54, 1.807) is 19.1 Å². The number of aliphatic hydroxyl groups is 1. The van der Waals surface area contributed by atoms with Crippen LogP contribution in [0.5, 0.6) is 5.75 Å². The number of pyridine rings is 2. The summed E-state index contributed by atoms with van der Waals surface area (Å²) in [5.74, 6) is 0.801. The highest BCUT2D eigenvalue weighted by molar-refractivity contribution is 5.93. The molecule has 0 unspecified atom stereocenters. The van der Waals surface area contributed by atoms with E-state index in [-0.39, 0.29) is 11.9 Å². The lowest BCUT2D eigenvalue weighted by Crippen LogP contribution is -2.45. The zero-order valence-electron chi connectivity index (χ0n) is 20.5. The number of hydrogen-bond donors (Lipinski definition) is 2. The number of H-pyrrole nitrogens is 1. The van der Waals surface area contributed by atoms with Gasteiger partial charge in [0.25, 0.3) is 0 Å². The molecule has 0 saturated heterocycles. The molecular formula is C28H29N5O3. The van der Waals surface area contributed by atoms with Crippen LogP contribution in [0.2, 0.25) is 0 Å². The molecule has 2 aliphatic rings. The molecule has 0 atom stereocenters. The molecule has 1 saturated carbocycles. The molecule has 8 heteroatoms. The lowest BCUT2D eigenvalue weighted by molar-refractivity contribution is -0.136. The van der Waals surface area contributed by atoms with Crippen molar-refractivity contribution in [3.63, 3.8) is 0 Å². The molecule has 36 heavy (non-hydrogen) atoms. The van der Waals surface area contributed by atoms with Gasteiger partial charge in [-0.25, -0.2) is 4.98 Å². The molecule has 3 heterocycles. The molecule has 0 radical (unpaired) electrons. The Balaban J connectivity index is 1.30. The zero-order valence-corrected chi connectivity index (χ0v) is 20.5. The summed E-state index contributed by atoms with van der Waals surface area (Å²) < 4.78 is 5.73. The van der Waals surface area contributed by atoms with Gasteiger partial charge in [0, 0.05) is 48.1 Å². The van der Waals surface area contributed by atoms with Gasteiger partial charge in [-0.05, 0) is 55.4 Å². The van der Waals surface area contributed by atoms with E-state index in [4.69, 9.17) is 19.8 Å². The molecule has 0 bridgehead atoms. The van der Waals surface area contributed by atoms with Crippen molar-refractivity contribution in [2.24, 2.45) is 0 Å². The van der Waals surface area contributed by atoms with Gasteiger partial charge in [0.2, 0.25) is 5.91 Å². The predicted octanol–water partition coefficient (Wildman–Crippen LogP) is 3.88. The maximum atomic E-state index is 11.7. The van der Waals surface area contributed by atoms with Gasteiger partial charge in [-0.3, -0.25) is 14.9 Å². The number of hydrogen-bond acceptors (Lipinski definition) is 6. The minimum absolute atomic E-state index is 0.156. The number of likely N-dealkylation sites (N-methyl/N-ethyl adjacent to an activating group) is 1. The number of aliphatic hydroxyl groups excluding tert-OH is 1. The van der Waals surface area contributed by atoms with Gasteiger partial charge in [-0.2, -0.15) is 5.10 Å². The number of carbonyl (C=O) groups excluding carboxylic acids is 1.